The van der Waals surface area contributed by atoms with E-state index in [0.717, 1.165) is 11.1 Å². The first-order valence-electron chi connectivity index (χ1n) is 10.0. The van der Waals surface area contributed by atoms with Gasteiger partial charge >= 0.3 is 0 Å². The molecule has 0 unspecified atom stereocenters. The first-order valence-corrected chi connectivity index (χ1v) is 12.3. The number of hydrogen-bond acceptors (Lipinski definition) is 4. The molecule has 6 nitrogen and oxygen atoms in total. The molecule has 0 aromatic heterocycles. The van der Waals surface area contributed by atoms with Crippen LogP contribution >= 0.6 is 11.6 Å². The SMILES string of the molecule is Cc1ccccc1N(Cc1ccc(C(=O)NCCOc2ccc(Cl)cc2)cc1)S(C)(=O)=O. The lowest BCUT2D eigenvalue weighted by atomic mass is 10.1. The molecule has 3 aromatic rings. The summed E-state index contributed by atoms with van der Waals surface area (Å²) in [6.45, 7) is 2.72. The third kappa shape index (κ3) is 6.48. The number of benzene rings is 3. The molecule has 0 saturated carbocycles. The van der Waals surface area contributed by atoms with Crippen molar-refractivity contribution in [3.63, 3.8) is 0 Å². The number of sulfonamides is 1. The van der Waals surface area contributed by atoms with Crippen LogP contribution in [0, 0.1) is 6.92 Å². The summed E-state index contributed by atoms with van der Waals surface area (Å²) >= 11 is 5.84. The van der Waals surface area contributed by atoms with Crippen LogP contribution in [0.25, 0.3) is 0 Å². The van der Waals surface area contributed by atoms with Gasteiger partial charge in [0, 0.05) is 10.6 Å². The summed E-state index contributed by atoms with van der Waals surface area (Å²) in [5.74, 6) is 0.451. The number of aryl methyl sites for hydroxylation is 1. The van der Waals surface area contributed by atoms with Crippen molar-refractivity contribution in [2.24, 2.45) is 0 Å². The van der Waals surface area contributed by atoms with E-state index in [4.69, 9.17) is 16.3 Å². The fourth-order valence-electron chi connectivity index (χ4n) is 3.12. The van der Waals surface area contributed by atoms with Gasteiger partial charge in [0.05, 0.1) is 25.0 Å². The average Bonchev–Trinajstić information content (AvgIpc) is 2.76. The largest absolute Gasteiger partial charge is 0.492 e. The highest BCUT2D eigenvalue weighted by Crippen LogP contribution is 2.24. The van der Waals surface area contributed by atoms with Gasteiger partial charge in [0.15, 0.2) is 0 Å². The number of halogens is 1. The summed E-state index contributed by atoms with van der Waals surface area (Å²) in [4.78, 5) is 12.4. The third-order valence-electron chi connectivity index (χ3n) is 4.80. The maximum absolute atomic E-state index is 12.4. The quantitative estimate of drug-likeness (QED) is 0.467. The molecule has 0 heterocycles. The fraction of sp³-hybridized carbons (Fsp3) is 0.208. The Morgan fingerprint density at radius 1 is 1.00 bits per heavy atom. The van der Waals surface area contributed by atoms with Gasteiger partial charge in [-0.15, -0.1) is 0 Å². The van der Waals surface area contributed by atoms with E-state index in [1.165, 1.54) is 10.6 Å². The van der Waals surface area contributed by atoms with Crippen LogP contribution in [0.4, 0.5) is 5.69 Å². The van der Waals surface area contributed by atoms with E-state index in [1.807, 2.05) is 25.1 Å². The zero-order valence-electron chi connectivity index (χ0n) is 17.9. The number of hydrogen-bond donors (Lipinski definition) is 1. The van der Waals surface area contributed by atoms with E-state index in [-0.39, 0.29) is 12.5 Å². The molecule has 1 N–H and O–H groups in total. The molecule has 0 radical (unpaired) electrons. The van der Waals surface area contributed by atoms with E-state index in [1.54, 1.807) is 54.6 Å². The molecule has 3 aromatic carbocycles. The summed E-state index contributed by atoms with van der Waals surface area (Å²) in [5.41, 5.74) is 2.77. The van der Waals surface area contributed by atoms with Gasteiger partial charge < -0.3 is 10.1 Å². The molecule has 0 bridgehead atoms. The Balaban J connectivity index is 1.58. The van der Waals surface area contributed by atoms with Crippen molar-refractivity contribution in [3.05, 3.63) is 94.5 Å². The van der Waals surface area contributed by atoms with Crippen molar-refractivity contribution in [2.75, 3.05) is 23.7 Å². The number of amides is 1. The van der Waals surface area contributed by atoms with E-state index in [2.05, 4.69) is 5.32 Å². The van der Waals surface area contributed by atoms with Crippen LogP contribution in [0.2, 0.25) is 5.02 Å². The number of carbonyl (C=O) groups is 1. The Labute approximate surface area is 193 Å². The highest BCUT2D eigenvalue weighted by atomic mass is 35.5. The van der Waals surface area contributed by atoms with Gasteiger partial charge in [-0.05, 0) is 60.5 Å². The number of anilines is 1. The maximum Gasteiger partial charge on any atom is 0.251 e. The average molecular weight is 473 g/mol. The first kappa shape index (κ1) is 23.6. The Morgan fingerprint density at radius 3 is 2.28 bits per heavy atom. The van der Waals surface area contributed by atoms with Gasteiger partial charge in [-0.1, -0.05) is 41.9 Å². The monoisotopic (exact) mass is 472 g/mol. The van der Waals surface area contributed by atoms with Gasteiger partial charge in [0.2, 0.25) is 10.0 Å². The van der Waals surface area contributed by atoms with Crippen LogP contribution in [-0.2, 0) is 16.6 Å². The zero-order valence-corrected chi connectivity index (χ0v) is 19.5. The van der Waals surface area contributed by atoms with Crippen LogP contribution in [0.1, 0.15) is 21.5 Å². The Kier molecular flexibility index (Phi) is 7.77. The molecule has 0 saturated heterocycles. The summed E-state index contributed by atoms with van der Waals surface area (Å²) in [6, 6.07) is 21.2. The summed E-state index contributed by atoms with van der Waals surface area (Å²) in [5, 5.41) is 3.43. The maximum atomic E-state index is 12.4. The van der Waals surface area contributed by atoms with Crippen LogP contribution in [0.5, 0.6) is 5.75 Å². The fourth-order valence-corrected chi connectivity index (χ4v) is 4.19. The second-order valence-corrected chi connectivity index (χ2v) is 9.65. The van der Waals surface area contributed by atoms with Crippen molar-refractivity contribution < 1.29 is 17.9 Å². The smallest absolute Gasteiger partial charge is 0.251 e. The molecule has 0 aliphatic rings. The van der Waals surface area contributed by atoms with E-state index in [0.29, 0.717) is 35.2 Å². The lowest BCUT2D eigenvalue weighted by Gasteiger charge is -2.24. The van der Waals surface area contributed by atoms with Crippen molar-refractivity contribution in [1.82, 2.24) is 5.32 Å². The molecule has 3 rings (SSSR count). The number of para-hydroxylation sites is 1. The topological polar surface area (TPSA) is 75.7 Å². The number of nitrogens with one attached hydrogen (secondary N) is 1. The lowest BCUT2D eigenvalue weighted by Crippen LogP contribution is -2.30. The molecule has 32 heavy (non-hydrogen) atoms. The number of nitrogens with zero attached hydrogens (tertiary/aromatic N) is 1. The van der Waals surface area contributed by atoms with Gasteiger partial charge in [-0.25, -0.2) is 8.42 Å². The standard InChI is InChI=1S/C24H25ClN2O4S/c1-18-5-3-4-6-23(18)27(32(2,29)30)17-19-7-9-20(10-8-19)24(28)26-15-16-31-22-13-11-21(25)12-14-22/h3-14H,15-17H2,1-2H3,(H,26,28). The molecule has 0 fully saturated rings. The van der Waals surface area contributed by atoms with Crippen LogP contribution in [0.3, 0.4) is 0 Å². The van der Waals surface area contributed by atoms with Crippen LogP contribution in [-0.4, -0.2) is 33.7 Å². The Hall–Kier alpha value is -3.03. The van der Waals surface area contributed by atoms with Crippen LogP contribution in [0.15, 0.2) is 72.8 Å². The van der Waals surface area contributed by atoms with E-state index < -0.39 is 10.0 Å². The highest BCUT2D eigenvalue weighted by Gasteiger charge is 2.19. The first-order chi connectivity index (χ1) is 15.2. The molecule has 1 amide bonds. The van der Waals surface area contributed by atoms with E-state index in [9.17, 15) is 13.2 Å². The molecule has 168 valence electrons. The number of carbonyl (C=O) groups excluding carboxylic acids is 1. The number of ether oxygens (including phenoxy) is 1. The number of rotatable bonds is 9. The second-order valence-electron chi connectivity index (χ2n) is 7.31. The van der Waals surface area contributed by atoms with Crippen molar-refractivity contribution in [2.45, 2.75) is 13.5 Å². The molecule has 0 atom stereocenters. The van der Waals surface area contributed by atoms with Crippen LogP contribution < -0.4 is 14.4 Å². The minimum Gasteiger partial charge on any atom is -0.492 e. The molecule has 0 spiro atoms. The summed E-state index contributed by atoms with van der Waals surface area (Å²) in [7, 11) is -3.47. The van der Waals surface area contributed by atoms with Gasteiger partial charge in [0.25, 0.3) is 5.91 Å². The third-order valence-corrected chi connectivity index (χ3v) is 6.18. The van der Waals surface area contributed by atoms with Crippen molar-refractivity contribution in [3.8, 4) is 5.75 Å². The molecular weight excluding hydrogens is 448 g/mol. The lowest BCUT2D eigenvalue weighted by molar-refractivity contribution is 0.0947. The second kappa shape index (κ2) is 10.5. The zero-order chi connectivity index (χ0) is 23.1. The predicted octanol–water partition coefficient (Wildman–Crippen LogP) is 4.42. The Bertz CT molecular complexity index is 1160. The predicted molar refractivity (Wildman–Crippen MR) is 128 cm³/mol. The molecule has 0 aliphatic heterocycles. The van der Waals surface area contributed by atoms with Crippen molar-refractivity contribution in [1.29, 1.82) is 0 Å². The van der Waals surface area contributed by atoms with Gasteiger partial charge in [-0.3, -0.25) is 9.10 Å². The van der Waals surface area contributed by atoms with Gasteiger partial charge in [0.1, 0.15) is 12.4 Å². The highest BCUT2D eigenvalue weighted by molar-refractivity contribution is 7.92. The normalized spacial score (nSPS) is 11.1. The van der Waals surface area contributed by atoms with E-state index >= 15 is 0 Å². The van der Waals surface area contributed by atoms with Crippen molar-refractivity contribution >= 4 is 33.2 Å². The molecular formula is C24H25ClN2O4S. The minimum atomic E-state index is -3.47. The summed E-state index contributed by atoms with van der Waals surface area (Å²) < 4.78 is 31.7. The molecule has 8 heteroatoms. The Morgan fingerprint density at radius 2 is 1.66 bits per heavy atom. The summed E-state index contributed by atoms with van der Waals surface area (Å²) in [6.07, 6.45) is 1.19. The minimum absolute atomic E-state index is 0.181. The van der Waals surface area contributed by atoms with Gasteiger partial charge in [-0.2, -0.15) is 0 Å². The molecule has 0 aliphatic carbocycles.